The number of alkyl halides is 1. The van der Waals surface area contributed by atoms with Crippen LogP contribution in [0.4, 0.5) is 16.2 Å². The number of hydrogen-bond acceptors (Lipinski definition) is 4. The summed E-state index contributed by atoms with van der Waals surface area (Å²) in [6, 6.07) is 16.6. The van der Waals surface area contributed by atoms with Crippen LogP contribution in [-0.2, 0) is 9.59 Å². The lowest BCUT2D eigenvalue weighted by Gasteiger charge is -2.37. The second-order valence-corrected chi connectivity index (χ2v) is 7.17. The van der Waals surface area contributed by atoms with E-state index >= 15 is 0 Å². The Labute approximate surface area is 161 Å². The van der Waals surface area contributed by atoms with Gasteiger partial charge in [0.1, 0.15) is 17.3 Å². The van der Waals surface area contributed by atoms with Crippen molar-refractivity contribution in [3.63, 3.8) is 0 Å². The van der Waals surface area contributed by atoms with E-state index in [0.29, 0.717) is 11.4 Å². The molecule has 7 heteroatoms. The molecule has 1 aliphatic rings. The fourth-order valence-electron chi connectivity index (χ4n) is 3.16. The first-order chi connectivity index (χ1) is 12.5. The number of para-hydroxylation sites is 2. The van der Waals surface area contributed by atoms with Crippen LogP contribution in [0.1, 0.15) is 5.56 Å². The van der Waals surface area contributed by atoms with Crippen molar-refractivity contribution >= 4 is 51.8 Å². The molecule has 134 valence electrons. The summed E-state index contributed by atoms with van der Waals surface area (Å²) < 4.78 is -0.310. The summed E-state index contributed by atoms with van der Waals surface area (Å²) in [7, 11) is 0. The highest BCUT2D eigenvalue weighted by atomic mass is 35.5. The Hall–Kier alpha value is -2.15. The number of imide groups is 1. The summed E-state index contributed by atoms with van der Waals surface area (Å²) in [6.07, 6.45) is 0. The number of carbonyl (C=O) groups excluding carboxylic acids is 3. The standard InChI is InChI=1S/C19H18ClN2O3S/c1-14-7-5-6-10-16(14)22(18(24)11-20,15-8-3-2-4-9-15)13-21-17(23)12-26-19(21)25/h2-10H,11-13H2,1H3/q+1. The quantitative estimate of drug-likeness (QED) is 0.571. The number of benzene rings is 2. The number of hydrogen-bond donors (Lipinski definition) is 0. The van der Waals surface area contributed by atoms with Crippen molar-refractivity contribution in [1.29, 1.82) is 0 Å². The molecule has 5 nitrogen and oxygen atoms in total. The Kier molecular flexibility index (Phi) is 5.46. The third-order valence-electron chi connectivity index (χ3n) is 4.46. The zero-order valence-electron chi connectivity index (χ0n) is 14.2. The second-order valence-electron chi connectivity index (χ2n) is 5.98. The summed E-state index contributed by atoms with van der Waals surface area (Å²) in [5, 5.41) is -0.343. The highest BCUT2D eigenvalue weighted by Gasteiger charge is 2.47. The van der Waals surface area contributed by atoms with Crippen molar-refractivity contribution in [3.8, 4) is 0 Å². The van der Waals surface area contributed by atoms with E-state index in [2.05, 4.69) is 0 Å². The lowest BCUT2D eigenvalue weighted by Crippen LogP contribution is -2.57. The van der Waals surface area contributed by atoms with Crippen molar-refractivity contribution in [2.45, 2.75) is 6.92 Å². The van der Waals surface area contributed by atoms with Crippen molar-refractivity contribution < 1.29 is 14.4 Å². The van der Waals surface area contributed by atoms with E-state index in [1.807, 2.05) is 61.5 Å². The van der Waals surface area contributed by atoms with Gasteiger partial charge in [-0.3, -0.25) is 9.59 Å². The number of halogens is 1. The molecule has 0 radical (unpaired) electrons. The molecule has 26 heavy (non-hydrogen) atoms. The SMILES string of the molecule is Cc1ccccc1[N+](CN1C(=O)CSC1=O)(C(=O)CCl)c1ccccc1. The summed E-state index contributed by atoms with van der Waals surface area (Å²) in [4.78, 5) is 38.8. The maximum atomic E-state index is 13.2. The van der Waals surface area contributed by atoms with Crippen molar-refractivity contribution in [2.24, 2.45) is 0 Å². The fraction of sp³-hybridized carbons (Fsp3) is 0.211. The van der Waals surface area contributed by atoms with Gasteiger partial charge in [0.2, 0.25) is 5.91 Å². The molecule has 3 rings (SSSR count). The predicted octanol–water partition coefficient (Wildman–Crippen LogP) is 4.05. The maximum Gasteiger partial charge on any atom is 0.340 e. The molecule has 0 aliphatic carbocycles. The van der Waals surface area contributed by atoms with Crippen LogP contribution in [0.5, 0.6) is 0 Å². The molecule has 1 atom stereocenters. The number of carbonyl (C=O) groups is 3. The van der Waals surface area contributed by atoms with Gasteiger partial charge >= 0.3 is 5.91 Å². The molecule has 1 heterocycles. The molecular weight excluding hydrogens is 372 g/mol. The highest BCUT2D eigenvalue weighted by Crippen LogP contribution is 2.39. The van der Waals surface area contributed by atoms with Gasteiger partial charge < -0.3 is 0 Å². The summed E-state index contributed by atoms with van der Waals surface area (Å²) >= 11 is 6.94. The average molecular weight is 390 g/mol. The number of aryl methyl sites for hydroxylation is 1. The minimum atomic E-state index is -0.343. The first kappa shape index (κ1) is 18.6. The minimum Gasteiger partial charge on any atom is -0.273 e. The highest BCUT2D eigenvalue weighted by molar-refractivity contribution is 8.14. The monoisotopic (exact) mass is 389 g/mol. The average Bonchev–Trinajstić information content (AvgIpc) is 2.98. The van der Waals surface area contributed by atoms with Gasteiger partial charge in [-0.2, -0.15) is 4.48 Å². The molecule has 1 unspecified atom stereocenters. The predicted molar refractivity (Wildman–Crippen MR) is 104 cm³/mol. The van der Waals surface area contributed by atoms with Gasteiger partial charge in [0.05, 0.1) is 5.75 Å². The largest absolute Gasteiger partial charge is 0.340 e. The lowest BCUT2D eigenvalue weighted by molar-refractivity contribution is -0.130. The van der Waals surface area contributed by atoms with Crippen molar-refractivity contribution in [2.75, 3.05) is 18.3 Å². The second kappa shape index (κ2) is 7.61. The van der Waals surface area contributed by atoms with Gasteiger partial charge in [-0.15, -0.1) is 11.6 Å². The first-order valence-corrected chi connectivity index (χ1v) is 9.59. The van der Waals surface area contributed by atoms with E-state index in [9.17, 15) is 14.4 Å². The van der Waals surface area contributed by atoms with Gasteiger partial charge in [-0.1, -0.05) is 48.2 Å². The van der Waals surface area contributed by atoms with Crippen LogP contribution >= 0.6 is 23.4 Å². The van der Waals surface area contributed by atoms with E-state index in [4.69, 9.17) is 11.6 Å². The number of thioether (sulfide) groups is 1. The van der Waals surface area contributed by atoms with E-state index in [-0.39, 0.29) is 39.8 Å². The van der Waals surface area contributed by atoms with Crippen LogP contribution in [0.3, 0.4) is 0 Å². The van der Waals surface area contributed by atoms with Gasteiger partial charge in [0, 0.05) is 23.8 Å². The Morgan fingerprint density at radius 1 is 1.12 bits per heavy atom. The molecule has 2 aromatic carbocycles. The molecule has 1 fully saturated rings. The van der Waals surface area contributed by atoms with Crippen LogP contribution in [0, 0.1) is 6.92 Å². The third kappa shape index (κ3) is 3.16. The molecule has 1 aliphatic heterocycles. The Bertz CT molecular complexity index is 843. The first-order valence-electron chi connectivity index (χ1n) is 8.07. The zero-order chi connectivity index (χ0) is 18.7. The van der Waals surface area contributed by atoms with Crippen molar-refractivity contribution in [1.82, 2.24) is 9.38 Å². The zero-order valence-corrected chi connectivity index (χ0v) is 15.8. The fourth-order valence-corrected chi connectivity index (χ4v) is 4.08. The van der Waals surface area contributed by atoms with Crippen LogP contribution in [-0.4, -0.2) is 40.3 Å². The van der Waals surface area contributed by atoms with Crippen LogP contribution in [0.15, 0.2) is 54.6 Å². The topological polar surface area (TPSA) is 54.5 Å². The van der Waals surface area contributed by atoms with E-state index < -0.39 is 0 Å². The smallest absolute Gasteiger partial charge is 0.273 e. The lowest BCUT2D eigenvalue weighted by atomic mass is 10.1. The van der Waals surface area contributed by atoms with Crippen LogP contribution in [0.25, 0.3) is 0 Å². The van der Waals surface area contributed by atoms with E-state index in [1.165, 1.54) is 0 Å². The molecule has 1 saturated heterocycles. The molecule has 2 aromatic rings. The van der Waals surface area contributed by atoms with Crippen molar-refractivity contribution in [3.05, 3.63) is 60.2 Å². The van der Waals surface area contributed by atoms with E-state index in [0.717, 1.165) is 22.2 Å². The minimum absolute atomic E-state index is 0.0937. The Balaban J connectivity index is 2.25. The maximum absolute atomic E-state index is 13.2. The van der Waals surface area contributed by atoms with Gasteiger partial charge in [0.25, 0.3) is 5.24 Å². The summed E-state index contributed by atoms with van der Waals surface area (Å²) in [5.41, 5.74) is 2.23. The molecular formula is C19H18ClN2O3S+. The molecule has 0 saturated carbocycles. The number of quaternary nitrogens is 1. The van der Waals surface area contributed by atoms with Gasteiger partial charge in [0.15, 0.2) is 6.67 Å². The Morgan fingerprint density at radius 2 is 1.77 bits per heavy atom. The molecule has 0 spiro atoms. The van der Waals surface area contributed by atoms with Crippen LogP contribution in [0.2, 0.25) is 0 Å². The number of rotatable bonds is 5. The number of nitrogens with zero attached hydrogens (tertiary/aromatic N) is 2. The van der Waals surface area contributed by atoms with Crippen LogP contribution < -0.4 is 4.48 Å². The van der Waals surface area contributed by atoms with Gasteiger partial charge in [-0.25, -0.2) is 9.69 Å². The summed E-state index contributed by atoms with van der Waals surface area (Å²) in [6.45, 7) is 1.79. The molecule has 0 aromatic heterocycles. The Morgan fingerprint density at radius 3 is 2.35 bits per heavy atom. The summed E-state index contributed by atoms with van der Waals surface area (Å²) in [5.74, 6) is -0.748. The molecule has 3 amide bonds. The third-order valence-corrected chi connectivity index (χ3v) is 5.55. The van der Waals surface area contributed by atoms with E-state index in [1.54, 1.807) is 0 Å². The molecule has 0 N–H and O–H groups in total. The number of amides is 3. The normalized spacial score (nSPS) is 16.6. The van der Waals surface area contributed by atoms with Gasteiger partial charge in [-0.05, 0) is 6.92 Å². The molecule has 0 bridgehead atoms.